The highest BCUT2D eigenvalue weighted by Crippen LogP contribution is 2.31. The van der Waals surface area contributed by atoms with Crippen LogP contribution in [0.1, 0.15) is 58.3 Å². The van der Waals surface area contributed by atoms with E-state index in [2.05, 4.69) is 5.32 Å². The highest BCUT2D eigenvalue weighted by Gasteiger charge is 2.37. The number of likely N-dealkylation sites (tertiary alicyclic amines) is 1. The van der Waals surface area contributed by atoms with E-state index < -0.39 is 12.1 Å². The van der Waals surface area contributed by atoms with Gasteiger partial charge in [0.15, 0.2) is 0 Å². The summed E-state index contributed by atoms with van der Waals surface area (Å²) < 4.78 is 0. The van der Waals surface area contributed by atoms with Gasteiger partial charge in [0, 0.05) is 24.9 Å². The predicted molar refractivity (Wildman–Crippen MR) is 83.1 cm³/mol. The van der Waals surface area contributed by atoms with Gasteiger partial charge in [-0.1, -0.05) is 19.3 Å². The fourth-order valence-electron chi connectivity index (χ4n) is 3.77. The number of carbonyl (C=O) groups excluding carboxylic acids is 3. The zero-order valence-electron chi connectivity index (χ0n) is 13.3. The Morgan fingerprint density at radius 2 is 1.91 bits per heavy atom. The second-order valence-corrected chi connectivity index (χ2v) is 6.50. The molecule has 0 spiro atoms. The first-order valence-corrected chi connectivity index (χ1v) is 8.40. The van der Waals surface area contributed by atoms with Gasteiger partial charge in [-0.2, -0.15) is 0 Å². The number of primary amides is 1. The quantitative estimate of drug-likeness (QED) is 0.829. The van der Waals surface area contributed by atoms with E-state index in [4.69, 9.17) is 5.73 Å². The third-order valence-corrected chi connectivity index (χ3v) is 4.88. The molecule has 2 rings (SSSR count). The second-order valence-electron chi connectivity index (χ2n) is 6.50. The van der Waals surface area contributed by atoms with Crippen molar-refractivity contribution in [1.82, 2.24) is 10.2 Å². The molecule has 0 bridgehead atoms. The Hall–Kier alpha value is -1.59. The van der Waals surface area contributed by atoms with Gasteiger partial charge in [-0.05, 0) is 32.6 Å². The molecule has 1 aliphatic carbocycles. The van der Waals surface area contributed by atoms with Crippen molar-refractivity contribution in [3.8, 4) is 0 Å². The zero-order chi connectivity index (χ0) is 16.1. The molecule has 2 aliphatic rings. The van der Waals surface area contributed by atoms with Gasteiger partial charge < -0.3 is 16.0 Å². The summed E-state index contributed by atoms with van der Waals surface area (Å²) in [6, 6.07) is -1.35. The zero-order valence-corrected chi connectivity index (χ0v) is 13.3. The second kappa shape index (κ2) is 7.61. The van der Waals surface area contributed by atoms with E-state index in [-0.39, 0.29) is 17.9 Å². The number of hydrogen-bond donors (Lipinski definition) is 2. The number of nitrogens with two attached hydrogens (primary N) is 1. The monoisotopic (exact) mass is 309 g/mol. The fraction of sp³-hybridized carbons (Fsp3) is 0.812. The van der Waals surface area contributed by atoms with Gasteiger partial charge in [0.2, 0.25) is 5.91 Å². The van der Waals surface area contributed by atoms with Crippen molar-refractivity contribution < 1.29 is 14.4 Å². The van der Waals surface area contributed by atoms with Gasteiger partial charge in [0.25, 0.3) is 0 Å². The van der Waals surface area contributed by atoms with E-state index in [9.17, 15) is 14.4 Å². The van der Waals surface area contributed by atoms with Crippen LogP contribution in [0.3, 0.4) is 0 Å². The van der Waals surface area contributed by atoms with Gasteiger partial charge >= 0.3 is 6.03 Å². The lowest BCUT2D eigenvalue weighted by molar-refractivity contribution is -0.139. The van der Waals surface area contributed by atoms with Gasteiger partial charge in [0.1, 0.15) is 11.8 Å². The number of carbonyl (C=O) groups is 3. The normalized spacial score (nSPS) is 27.9. The molecular weight excluding hydrogens is 282 g/mol. The maximum atomic E-state index is 12.7. The highest BCUT2D eigenvalue weighted by atomic mass is 16.2. The third kappa shape index (κ3) is 3.99. The minimum absolute atomic E-state index is 0.0140. The van der Waals surface area contributed by atoms with Crippen molar-refractivity contribution >= 4 is 17.7 Å². The minimum atomic E-state index is -0.694. The number of rotatable bonds is 3. The van der Waals surface area contributed by atoms with Gasteiger partial charge in [-0.15, -0.1) is 0 Å². The van der Waals surface area contributed by atoms with Gasteiger partial charge in [0.05, 0.1) is 0 Å². The molecule has 3 N–H and O–H groups in total. The molecule has 3 amide bonds. The number of urea groups is 1. The summed E-state index contributed by atoms with van der Waals surface area (Å²) in [6.07, 6.45) is 7.51. The summed E-state index contributed by atoms with van der Waals surface area (Å²) in [5.41, 5.74) is 5.12. The standard InChI is InChI=1S/C16H27N3O3/c1-11(18-16(17)22)15(21)19-10-6-2-3-8-13(19)12-7-4-5-9-14(12)20/h11-13H,2-10H2,1H3,(H3,17,18,22). The van der Waals surface area contributed by atoms with Crippen molar-refractivity contribution in [3.05, 3.63) is 0 Å². The van der Waals surface area contributed by atoms with Crippen LogP contribution in [-0.4, -0.2) is 41.2 Å². The van der Waals surface area contributed by atoms with Crippen molar-refractivity contribution in [2.24, 2.45) is 11.7 Å². The molecule has 124 valence electrons. The van der Waals surface area contributed by atoms with E-state index in [1.807, 2.05) is 4.90 Å². The van der Waals surface area contributed by atoms with Crippen molar-refractivity contribution in [2.45, 2.75) is 70.4 Å². The molecule has 1 saturated carbocycles. The molecule has 2 fully saturated rings. The van der Waals surface area contributed by atoms with E-state index in [0.29, 0.717) is 18.7 Å². The maximum absolute atomic E-state index is 12.7. The number of hydrogen-bond acceptors (Lipinski definition) is 3. The first-order valence-electron chi connectivity index (χ1n) is 8.40. The van der Waals surface area contributed by atoms with Crippen molar-refractivity contribution in [3.63, 3.8) is 0 Å². The Morgan fingerprint density at radius 1 is 1.18 bits per heavy atom. The molecule has 3 unspecified atom stereocenters. The summed E-state index contributed by atoms with van der Waals surface area (Å²) in [7, 11) is 0. The number of nitrogens with one attached hydrogen (secondary N) is 1. The average Bonchev–Trinajstić information content (AvgIpc) is 2.72. The predicted octanol–water partition coefficient (Wildman–Crippen LogP) is 1.57. The van der Waals surface area contributed by atoms with Crippen LogP contribution in [0, 0.1) is 5.92 Å². The molecule has 0 aromatic heterocycles. The Labute approximate surface area is 131 Å². The van der Waals surface area contributed by atoms with Gasteiger partial charge in [-0.25, -0.2) is 4.79 Å². The van der Waals surface area contributed by atoms with Crippen LogP contribution in [0.2, 0.25) is 0 Å². The fourth-order valence-corrected chi connectivity index (χ4v) is 3.77. The molecule has 6 heteroatoms. The first kappa shape index (κ1) is 16.8. The lowest BCUT2D eigenvalue weighted by atomic mass is 9.80. The molecule has 0 radical (unpaired) electrons. The Morgan fingerprint density at radius 3 is 2.59 bits per heavy atom. The molecule has 3 atom stereocenters. The maximum Gasteiger partial charge on any atom is 0.312 e. The largest absolute Gasteiger partial charge is 0.352 e. The van der Waals surface area contributed by atoms with E-state index in [0.717, 1.165) is 44.9 Å². The molecular formula is C16H27N3O3. The first-order chi connectivity index (χ1) is 10.5. The Balaban J connectivity index is 2.14. The van der Waals surface area contributed by atoms with Crippen LogP contribution < -0.4 is 11.1 Å². The van der Waals surface area contributed by atoms with E-state index in [1.54, 1.807) is 6.92 Å². The van der Waals surface area contributed by atoms with Crippen LogP contribution in [-0.2, 0) is 9.59 Å². The van der Waals surface area contributed by atoms with Crippen LogP contribution in [0.25, 0.3) is 0 Å². The van der Waals surface area contributed by atoms with Crippen molar-refractivity contribution in [2.75, 3.05) is 6.54 Å². The lowest BCUT2D eigenvalue weighted by Gasteiger charge is -2.38. The van der Waals surface area contributed by atoms with E-state index >= 15 is 0 Å². The third-order valence-electron chi connectivity index (χ3n) is 4.88. The summed E-state index contributed by atoms with van der Waals surface area (Å²) in [5, 5.41) is 2.46. The molecule has 1 saturated heterocycles. The van der Waals surface area contributed by atoms with E-state index in [1.165, 1.54) is 0 Å². The number of Topliss-reactive ketones (excluding diaryl/α,β-unsaturated/α-hetero) is 1. The Kier molecular flexibility index (Phi) is 5.80. The average molecular weight is 309 g/mol. The van der Waals surface area contributed by atoms with Crippen LogP contribution in [0.4, 0.5) is 4.79 Å². The summed E-state index contributed by atoms with van der Waals surface area (Å²) in [6.45, 7) is 2.32. The molecule has 22 heavy (non-hydrogen) atoms. The smallest absolute Gasteiger partial charge is 0.312 e. The summed E-state index contributed by atoms with van der Waals surface area (Å²) >= 11 is 0. The topological polar surface area (TPSA) is 92.5 Å². The molecule has 6 nitrogen and oxygen atoms in total. The molecule has 1 heterocycles. The summed E-state index contributed by atoms with van der Waals surface area (Å²) in [4.78, 5) is 37.8. The highest BCUT2D eigenvalue weighted by molar-refractivity contribution is 5.88. The molecule has 0 aromatic carbocycles. The number of nitrogens with zero attached hydrogens (tertiary/aromatic N) is 1. The summed E-state index contributed by atoms with van der Waals surface area (Å²) in [5.74, 6) is 0.145. The minimum Gasteiger partial charge on any atom is -0.352 e. The number of ketones is 1. The molecule has 1 aliphatic heterocycles. The Bertz CT molecular complexity index is 438. The molecule has 0 aromatic rings. The van der Waals surface area contributed by atoms with Crippen LogP contribution >= 0.6 is 0 Å². The van der Waals surface area contributed by atoms with Crippen LogP contribution in [0.15, 0.2) is 0 Å². The van der Waals surface area contributed by atoms with Crippen molar-refractivity contribution in [1.29, 1.82) is 0 Å². The SMILES string of the molecule is CC(NC(N)=O)C(=O)N1CCCCCC1C1CCCCC1=O. The van der Waals surface area contributed by atoms with Crippen LogP contribution in [0.5, 0.6) is 0 Å². The lowest BCUT2D eigenvalue weighted by Crippen LogP contribution is -2.54. The van der Waals surface area contributed by atoms with Gasteiger partial charge in [-0.3, -0.25) is 9.59 Å². The number of amides is 3.